The van der Waals surface area contributed by atoms with Gasteiger partial charge in [-0.05, 0) is 35.9 Å². The molecule has 0 spiro atoms. The normalized spacial score (nSPS) is 11.0. The van der Waals surface area contributed by atoms with E-state index >= 15 is 0 Å². The van der Waals surface area contributed by atoms with Gasteiger partial charge in [0, 0.05) is 17.3 Å². The monoisotopic (exact) mass is 259 g/mol. The summed E-state index contributed by atoms with van der Waals surface area (Å²) in [4.78, 5) is 0. The molecule has 96 valence electrons. The Morgan fingerprint density at radius 2 is 1.80 bits per heavy atom. The highest BCUT2D eigenvalue weighted by atomic mass is 15.1. The Labute approximate surface area is 116 Å². The predicted molar refractivity (Wildman–Crippen MR) is 80.9 cm³/mol. The van der Waals surface area contributed by atoms with Gasteiger partial charge in [0.05, 0.1) is 17.4 Å². The summed E-state index contributed by atoms with van der Waals surface area (Å²) in [5.74, 6) is 0. The number of rotatable bonds is 2. The van der Waals surface area contributed by atoms with Gasteiger partial charge in [-0.2, -0.15) is 5.10 Å². The standard InChI is InChI=1S/C17H13N3/c1-2-5-13(6-3-1)17-7-4-10-20(17)15-9-8-14-12-18-19-16(14)11-15/h1-12H,(H,18,19). The van der Waals surface area contributed by atoms with Crippen LogP contribution in [0.15, 0.2) is 73.1 Å². The quantitative estimate of drug-likeness (QED) is 0.579. The fourth-order valence-corrected chi connectivity index (χ4v) is 2.53. The smallest absolute Gasteiger partial charge is 0.0671 e. The van der Waals surface area contributed by atoms with Crippen LogP contribution in [0.2, 0.25) is 0 Å². The van der Waals surface area contributed by atoms with Gasteiger partial charge in [-0.1, -0.05) is 30.3 Å². The summed E-state index contributed by atoms with van der Waals surface area (Å²) in [5.41, 5.74) is 4.58. The zero-order chi connectivity index (χ0) is 13.4. The van der Waals surface area contributed by atoms with Gasteiger partial charge < -0.3 is 4.57 Å². The van der Waals surface area contributed by atoms with Crippen LogP contribution >= 0.6 is 0 Å². The van der Waals surface area contributed by atoms with Gasteiger partial charge in [0.25, 0.3) is 0 Å². The first-order chi connectivity index (χ1) is 9.92. The molecule has 0 saturated heterocycles. The molecule has 0 radical (unpaired) electrons. The number of aromatic nitrogens is 3. The van der Waals surface area contributed by atoms with E-state index in [4.69, 9.17) is 0 Å². The third-order valence-corrected chi connectivity index (χ3v) is 3.52. The van der Waals surface area contributed by atoms with E-state index in [-0.39, 0.29) is 0 Å². The summed E-state index contributed by atoms with van der Waals surface area (Å²) < 4.78 is 2.19. The molecule has 0 unspecified atom stereocenters. The molecule has 3 nitrogen and oxygen atoms in total. The molecule has 0 aliphatic rings. The van der Waals surface area contributed by atoms with Crippen molar-refractivity contribution in [2.45, 2.75) is 0 Å². The lowest BCUT2D eigenvalue weighted by Crippen LogP contribution is -1.94. The van der Waals surface area contributed by atoms with Gasteiger partial charge in [-0.15, -0.1) is 0 Å². The third-order valence-electron chi connectivity index (χ3n) is 3.52. The van der Waals surface area contributed by atoms with Crippen LogP contribution in [0.1, 0.15) is 0 Å². The molecule has 4 aromatic rings. The fraction of sp³-hybridized carbons (Fsp3) is 0. The molecule has 2 aromatic heterocycles. The third kappa shape index (κ3) is 1.72. The molecule has 0 bridgehead atoms. The lowest BCUT2D eigenvalue weighted by atomic mass is 10.1. The minimum atomic E-state index is 1.05. The number of hydrogen-bond donors (Lipinski definition) is 1. The van der Waals surface area contributed by atoms with Crippen LogP contribution in [0.5, 0.6) is 0 Å². The van der Waals surface area contributed by atoms with Gasteiger partial charge >= 0.3 is 0 Å². The second-order valence-corrected chi connectivity index (χ2v) is 4.77. The second-order valence-electron chi connectivity index (χ2n) is 4.77. The van der Waals surface area contributed by atoms with E-state index in [0.717, 1.165) is 16.6 Å². The van der Waals surface area contributed by atoms with Crippen molar-refractivity contribution in [1.82, 2.24) is 14.8 Å². The van der Waals surface area contributed by atoms with Crippen molar-refractivity contribution in [2.24, 2.45) is 0 Å². The lowest BCUT2D eigenvalue weighted by Gasteiger charge is -2.09. The number of nitrogens with one attached hydrogen (secondary N) is 1. The Bertz CT molecular complexity index is 856. The van der Waals surface area contributed by atoms with E-state index in [9.17, 15) is 0 Å². The van der Waals surface area contributed by atoms with E-state index < -0.39 is 0 Å². The van der Waals surface area contributed by atoms with Crippen LogP contribution in [0.3, 0.4) is 0 Å². The van der Waals surface area contributed by atoms with Crippen LogP contribution < -0.4 is 0 Å². The van der Waals surface area contributed by atoms with Crippen molar-refractivity contribution in [2.75, 3.05) is 0 Å². The van der Waals surface area contributed by atoms with E-state index in [1.807, 2.05) is 12.3 Å². The van der Waals surface area contributed by atoms with Crippen molar-refractivity contribution >= 4 is 10.9 Å². The molecule has 1 N–H and O–H groups in total. The fourth-order valence-electron chi connectivity index (χ4n) is 2.53. The molecule has 0 amide bonds. The largest absolute Gasteiger partial charge is 0.317 e. The molecular weight excluding hydrogens is 246 g/mol. The van der Waals surface area contributed by atoms with Crippen molar-refractivity contribution < 1.29 is 0 Å². The summed E-state index contributed by atoms with van der Waals surface area (Å²) in [5, 5.41) is 8.21. The van der Waals surface area contributed by atoms with E-state index in [0.29, 0.717) is 0 Å². The topological polar surface area (TPSA) is 33.6 Å². The average Bonchev–Trinajstić information content (AvgIpc) is 3.16. The van der Waals surface area contributed by atoms with E-state index in [2.05, 4.69) is 75.6 Å². The Morgan fingerprint density at radius 3 is 2.70 bits per heavy atom. The molecule has 0 aliphatic carbocycles. The number of H-pyrrole nitrogens is 1. The lowest BCUT2D eigenvalue weighted by molar-refractivity contribution is 1.08. The molecule has 4 rings (SSSR count). The minimum absolute atomic E-state index is 1.05. The first-order valence-electron chi connectivity index (χ1n) is 6.58. The summed E-state index contributed by atoms with van der Waals surface area (Å²) >= 11 is 0. The van der Waals surface area contributed by atoms with E-state index in [1.165, 1.54) is 11.3 Å². The number of nitrogens with zero attached hydrogens (tertiary/aromatic N) is 2. The first-order valence-corrected chi connectivity index (χ1v) is 6.58. The van der Waals surface area contributed by atoms with Crippen molar-refractivity contribution in [3.63, 3.8) is 0 Å². The van der Waals surface area contributed by atoms with Crippen molar-refractivity contribution in [1.29, 1.82) is 0 Å². The summed E-state index contributed by atoms with van der Waals surface area (Å²) in [7, 11) is 0. The molecule has 3 heteroatoms. The molecule has 0 aliphatic heterocycles. The average molecular weight is 259 g/mol. The van der Waals surface area contributed by atoms with Crippen molar-refractivity contribution in [3.05, 3.63) is 73.1 Å². The van der Waals surface area contributed by atoms with E-state index in [1.54, 1.807) is 0 Å². The maximum Gasteiger partial charge on any atom is 0.0671 e. The number of benzene rings is 2. The number of aromatic amines is 1. The van der Waals surface area contributed by atoms with Crippen LogP contribution in [-0.2, 0) is 0 Å². The van der Waals surface area contributed by atoms with Gasteiger partial charge in [0.15, 0.2) is 0 Å². The Hall–Kier alpha value is -2.81. The molecule has 2 heterocycles. The van der Waals surface area contributed by atoms with Gasteiger partial charge in [0.2, 0.25) is 0 Å². The van der Waals surface area contributed by atoms with Crippen LogP contribution in [0.25, 0.3) is 27.8 Å². The van der Waals surface area contributed by atoms with Gasteiger partial charge in [0.1, 0.15) is 0 Å². The zero-order valence-electron chi connectivity index (χ0n) is 10.8. The number of hydrogen-bond acceptors (Lipinski definition) is 1. The molecule has 0 fully saturated rings. The maximum atomic E-state index is 4.07. The SMILES string of the molecule is c1ccc(-c2cccn2-c2ccc3cn[nH]c3c2)cc1. The highest BCUT2D eigenvalue weighted by Gasteiger charge is 2.06. The highest BCUT2D eigenvalue weighted by molar-refractivity contribution is 5.80. The minimum Gasteiger partial charge on any atom is -0.317 e. The number of fused-ring (bicyclic) bond motifs is 1. The molecule has 0 saturated carbocycles. The van der Waals surface area contributed by atoms with Gasteiger partial charge in [-0.3, -0.25) is 5.10 Å². The van der Waals surface area contributed by atoms with Crippen LogP contribution in [0, 0.1) is 0 Å². The highest BCUT2D eigenvalue weighted by Crippen LogP contribution is 2.25. The van der Waals surface area contributed by atoms with Crippen LogP contribution in [-0.4, -0.2) is 14.8 Å². The molecule has 20 heavy (non-hydrogen) atoms. The Balaban J connectivity index is 1.88. The Morgan fingerprint density at radius 1 is 0.900 bits per heavy atom. The van der Waals surface area contributed by atoms with Crippen molar-refractivity contribution in [3.8, 4) is 16.9 Å². The van der Waals surface area contributed by atoms with Crippen LogP contribution in [0.4, 0.5) is 0 Å². The maximum absolute atomic E-state index is 4.07. The second kappa shape index (κ2) is 4.38. The summed E-state index contributed by atoms with van der Waals surface area (Å²) in [6.45, 7) is 0. The van der Waals surface area contributed by atoms with Gasteiger partial charge in [-0.25, -0.2) is 0 Å². The zero-order valence-corrected chi connectivity index (χ0v) is 10.8. The molecule has 0 atom stereocenters. The predicted octanol–water partition coefficient (Wildman–Crippen LogP) is 4.02. The summed E-state index contributed by atoms with van der Waals surface area (Å²) in [6.07, 6.45) is 3.92. The Kier molecular flexibility index (Phi) is 2.42. The molecular formula is C17H13N3. The molecule has 2 aromatic carbocycles. The first kappa shape index (κ1) is 11.1. The summed E-state index contributed by atoms with van der Waals surface area (Å²) in [6, 6.07) is 20.9.